The van der Waals surface area contributed by atoms with Crippen molar-refractivity contribution in [1.82, 2.24) is 10.3 Å². The highest BCUT2D eigenvalue weighted by atomic mass is 32.1. The lowest BCUT2D eigenvalue weighted by molar-refractivity contribution is 0.337. The van der Waals surface area contributed by atoms with Crippen molar-refractivity contribution in [1.29, 1.82) is 0 Å². The molecule has 0 aliphatic rings. The van der Waals surface area contributed by atoms with E-state index in [2.05, 4.69) is 31.1 Å². The van der Waals surface area contributed by atoms with Gasteiger partial charge in [0, 0.05) is 29.5 Å². The minimum absolute atomic E-state index is 0.0887. The summed E-state index contributed by atoms with van der Waals surface area (Å²) in [6.07, 6.45) is 3.83. The van der Waals surface area contributed by atoms with Gasteiger partial charge in [-0.15, -0.1) is 11.3 Å². The van der Waals surface area contributed by atoms with Crippen LogP contribution in [0.2, 0.25) is 0 Å². The van der Waals surface area contributed by atoms with E-state index < -0.39 is 0 Å². The third kappa shape index (κ3) is 4.11. The first-order valence-electron chi connectivity index (χ1n) is 7.42. The molecular formula is C17H23FN2S. The highest BCUT2D eigenvalue weighted by molar-refractivity contribution is 7.09. The highest BCUT2D eigenvalue weighted by Crippen LogP contribution is 2.29. The smallest absolute Gasteiger partial charge is 0.123 e. The van der Waals surface area contributed by atoms with E-state index in [1.165, 1.54) is 12.1 Å². The van der Waals surface area contributed by atoms with Crippen molar-refractivity contribution in [3.63, 3.8) is 0 Å². The van der Waals surface area contributed by atoms with Gasteiger partial charge in [0.05, 0.1) is 5.01 Å². The van der Waals surface area contributed by atoms with Crippen LogP contribution in [-0.2, 0) is 11.8 Å². The second-order valence-corrected chi connectivity index (χ2v) is 6.84. The summed E-state index contributed by atoms with van der Waals surface area (Å²) in [5, 5.41) is 6.78. The van der Waals surface area contributed by atoms with Crippen molar-refractivity contribution >= 4 is 11.3 Å². The summed E-state index contributed by atoms with van der Waals surface area (Å²) in [6, 6.07) is 7.12. The topological polar surface area (TPSA) is 24.9 Å². The summed E-state index contributed by atoms with van der Waals surface area (Å²) in [6.45, 7) is 7.56. The molecule has 1 unspecified atom stereocenters. The number of hydrogen-bond acceptors (Lipinski definition) is 3. The zero-order chi connectivity index (χ0) is 15.3. The Morgan fingerprint density at radius 3 is 2.57 bits per heavy atom. The minimum atomic E-state index is -0.187. The Bertz CT molecular complexity index is 534. The van der Waals surface area contributed by atoms with Crippen LogP contribution in [0.5, 0.6) is 0 Å². The molecule has 0 saturated carbocycles. The van der Waals surface area contributed by atoms with Crippen LogP contribution >= 0.6 is 11.3 Å². The highest BCUT2D eigenvalue weighted by Gasteiger charge is 2.31. The van der Waals surface area contributed by atoms with Crippen LogP contribution in [0.3, 0.4) is 0 Å². The van der Waals surface area contributed by atoms with Crippen molar-refractivity contribution in [3.05, 3.63) is 52.2 Å². The van der Waals surface area contributed by atoms with Crippen molar-refractivity contribution in [2.45, 2.75) is 45.1 Å². The Kier molecular flexibility index (Phi) is 5.48. The van der Waals surface area contributed by atoms with Crippen LogP contribution in [0.15, 0.2) is 35.8 Å². The van der Waals surface area contributed by atoms with Gasteiger partial charge in [0.15, 0.2) is 0 Å². The Morgan fingerprint density at radius 1 is 1.29 bits per heavy atom. The van der Waals surface area contributed by atoms with E-state index in [0.717, 1.165) is 30.0 Å². The first kappa shape index (κ1) is 16.1. The average Bonchev–Trinajstić information content (AvgIpc) is 2.96. The SMILES string of the molecule is CCCNC(Cc1nccs1)C(C)(C)c1ccc(F)cc1. The molecule has 0 spiro atoms. The fraction of sp³-hybridized carbons (Fsp3) is 0.471. The van der Waals surface area contributed by atoms with Gasteiger partial charge >= 0.3 is 0 Å². The zero-order valence-corrected chi connectivity index (χ0v) is 13.7. The molecule has 2 aromatic rings. The molecule has 0 fully saturated rings. The third-order valence-electron chi connectivity index (χ3n) is 3.96. The lowest BCUT2D eigenvalue weighted by Crippen LogP contribution is -2.46. The summed E-state index contributed by atoms with van der Waals surface area (Å²) < 4.78 is 13.2. The Balaban J connectivity index is 2.22. The predicted octanol–water partition coefficient (Wildman–Crippen LogP) is 4.17. The molecule has 1 atom stereocenters. The van der Waals surface area contributed by atoms with E-state index in [9.17, 15) is 4.39 Å². The van der Waals surface area contributed by atoms with Gasteiger partial charge in [0.2, 0.25) is 0 Å². The molecule has 2 nitrogen and oxygen atoms in total. The van der Waals surface area contributed by atoms with Crippen LogP contribution in [0.4, 0.5) is 4.39 Å². The maximum atomic E-state index is 13.2. The van der Waals surface area contributed by atoms with Gasteiger partial charge in [-0.1, -0.05) is 32.9 Å². The number of aromatic nitrogens is 1. The molecular weight excluding hydrogens is 283 g/mol. The van der Waals surface area contributed by atoms with Gasteiger partial charge in [-0.25, -0.2) is 9.37 Å². The van der Waals surface area contributed by atoms with Crippen molar-refractivity contribution in [3.8, 4) is 0 Å². The molecule has 0 amide bonds. The third-order valence-corrected chi connectivity index (χ3v) is 4.76. The van der Waals surface area contributed by atoms with Crippen LogP contribution in [0.25, 0.3) is 0 Å². The minimum Gasteiger partial charge on any atom is -0.313 e. The molecule has 114 valence electrons. The molecule has 2 rings (SSSR count). The van der Waals surface area contributed by atoms with Crippen molar-refractivity contribution in [2.24, 2.45) is 0 Å². The van der Waals surface area contributed by atoms with Crippen molar-refractivity contribution in [2.75, 3.05) is 6.54 Å². The van der Waals surface area contributed by atoms with Gasteiger partial charge in [-0.3, -0.25) is 0 Å². The average molecular weight is 306 g/mol. The second kappa shape index (κ2) is 7.14. The normalized spacial score (nSPS) is 13.3. The summed E-state index contributed by atoms with van der Waals surface area (Å²) in [5.41, 5.74) is 1.06. The molecule has 0 aliphatic heterocycles. The standard InChI is InChI=1S/C17H23FN2S/c1-4-9-19-15(12-16-20-10-11-21-16)17(2,3)13-5-7-14(18)8-6-13/h5-8,10-11,15,19H,4,9,12H2,1-3H3. The van der Waals surface area contributed by atoms with Gasteiger partial charge < -0.3 is 5.32 Å². The van der Waals surface area contributed by atoms with Crippen LogP contribution < -0.4 is 5.32 Å². The van der Waals surface area contributed by atoms with Crippen LogP contribution in [0.1, 0.15) is 37.8 Å². The molecule has 1 aromatic heterocycles. The molecule has 21 heavy (non-hydrogen) atoms. The molecule has 1 aromatic carbocycles. The number of hydrogen-bond donors (Lipinski definition) is 1. The maximum absolute atomic E-state index is 13.2. The largest absolute Gasteiger partial charge is 0.313 e. The quantitative estimate of drug-likeness (QED) is 0.830. The second-order valence-electron chi connectivity index (χ2n) is 5.87. The molecule has 0 saturated heterocycles. The fourth-order valence-electron chi connectivity index (χ4n) is 2.51. The molecule has 0 radical (unpaired) electrons. The molecule has 0 aliphatic carbocycles. The number of nitrogens with zero attached hydrogens (tertiary/aromatic N) is 1. The Hall–Kier alpha value is -1.26. The fourth-order valence-corrected chi connectivity index (χ4v) is 3.17. The van der Waals surface area contributed by atoms with Crippen LogP contribution in [0, 0.1) is 5.82 Å². The lowest BCUT2D eigenvalue weighted by Gasteiger charge is -2.35. The lowest BCUT2D eigenvalue weighted by atomic mass is 9.76. The van der Waals surface area contributed by atoms with Crippen molar-refractivity contribution < 1.29 is 4.39 Å². The number of benzene rings is 1. The van der Waals surface area contributed by atoms with Crippen LogP contribution in [-0.4, -0.2) is 17.6 Å². The number of halogens is 1. The molecule has 1 heterocycles. The number of thiazole rings is 1. The summed E-state index contributed by atoms with van der Waals surface area (Å²) in [7, 11) is 0. The van der Waals surface area contributed by atoms with Gasteiger partial charge in [0.1, 0.15) is 5.82 Å². The zero-order valence-electron chi connectivity index (χ0n) is 12.9. The summed E-state index contributed by atoms with van der Waals surface area (Å²) >= 11 is 1.69. The Morgan fingerprint density at radius 2 is 2.00 bits per heavy atom. The predicted molar refractivity (Wildman–Crippen MR) is 87.3 cm³/mol. The summed E-state index contributed by atoms with van der Waals surface area (Å²) in [4.78, 5) is 4.40. The van der Waals surface area contributed by atoms with Gasteiger partial charge in [0.25, 0.3) is 0 Å². The first-order chi connectivity index (χ1) is 10.0. The van der Waals surface area contributed by atoms with Gasteiger partial charge in [-0.2, -0.15) is 0 Å². The molecule has 4 heteroatoms. The number of rotatable bonds is 7. The van der Waals surface area contributed by atoms with E-state index in [-0.39, 0.29) is 17.3 Å². The van der Waals surface area contributed by atoms with Gasteiger partial charge in [-0.05, 0) is 30.7 Å². The Labute approximate surface area is 130 Å². The first-order valence-corrected chi connectivity index (χ1v) is 8.29. The maximum Gasteiger partial charge on any atom is 0.123 e. The van der Waals surface area contributed by atoms with E-state index in [1.54, 1.807) is 11.3 Å². The molecule has 0 bridgehead atoms. The molecule has 1 N–H and O–H groups in total. The monoisotopic (exact) mass is 306 g/mol. The van der Waals surface area contributed by atoms with E-state index in [0.29, 0.717) is 0 Å². The van der Waals surface area contributed by atoms with E-state index >= 15 is 0 Å². The van der Waals surface area contributed by atoms with E-state index in [1.807, 2.05) is 23.7 Å². The van der Waals surface area contributed by atoms with E-state index in [4.69, 9.17) is 0 Å². The number of nitrogens with one attached hydrogen (secondary N) is 1. The summed E-state index contributed by atoms with van der Waals surface area (Å²) in [5.74, 6) is -0.187.